The number of nitrogen functional groups attached to an aromatic ring is 1. The van der Waals surface area contributed by atoms with Gasteiger partial charge >= 0.3 is 0 Å². The highest BCUT2D eigenvalue weighted by Crippen LogP contribution is 2.30. The molecule has 0 aliphatic carbocycles. The van der Waals surface area contributed by atoms with E-state index in [0.29, 0.717) is 17.3 Å². The number of nitrogens with zero attached hydrogens (tertiary/aromatic N) is 1. The third-order valence-corrected chi connectivity index (χ3v) is 3.99. The highest BCUT2D eigenvalue weighted by Gasteiger charge is 2.10. The summed E-state index contributed by atoms with van der Waals surface area (Å²) < 4.78 is 10.5. The van der Waals surface area contributed by atoms with Gasteiger partial charge in [0.25, 0.3) is 0 Å². The van der Waals surface area contributed by atoms with Crippen molar-refractivity contribution < 1.29 is 8.94 Å². The fraction of sp³-hybridized carbons (Fsp3) is 0.133. The molecule has 1 aromatic carbocycles. The molecule has 0 unspecified atom stereocenters. The fourth-order valence-electron chi connectivity index (χ4n) is 1.87. The number of rotatable bonds is 4. The van der Waals surface area contributed by atoms with Crippen LogP contribution in [0.1, 0.15) is 11.3 Å². The van der Waals surface area contributed by atoms with E-state index in [-0.39, 0.29) is 0 Å². The van der Waals surface area contributed by atoms with Crippen LogP contribution in [-0.2, 0) is 5.75 Å². The standard InChI is InChI=1S/C15H14N2O2S/c1-10-4-5-15(12(16)7-10)20-9-11-8-14(19-17-11)13-3-2-6-18-13/h2-8H,9,16H2,1H3. The van der Waals surface area contributed by atoms with Gasteiger partial charge in [-0.1, -0.05) is 11.2 Å². The zero-order valence-corrected chi connectivity index (χ0v) is 11.8. The lowest BCUT2D eigenvalue weighted by Gasteiger charge is -2.04. The maximum Gasteiger partial charge on any atom is 0.202 e. The van der Waals surface area contributed by atoms with Gasteiger partial charge in [-0.2, -0.15) is 0 Å². The van der Waals surface area contributed by atoms with Gasteiger partial charge < -0.3 is 14.7 Å². The topological polar surface area (TPSA) is 65.2 Å². The quantitative estimate of drug-likeness (QED) is 0.577. The molecule has 4 nitrogen and oxygen atoms in total. The summed E-state index contributed by atoms with van der Waals surface area (Å²) in [6.45, 7) is 2.03. The van der Waals surface area contributed by atoms with Crippen molar-refractivity contribution in [2.45, 2.75) is 17.6 Å². The van der Waals surface area contributed by atoms with Crippen LogP contribution in [0.4, 0.5) is 5.69 Å². The second-order valence-corrected chi connectivity index (χ2v) is 5.51. The first kappa shape index (κ1) is 12.9. The number of thioether (sulfide) groups is 1. The van der Waals surface area contributed by atoms with Crippen LogP contribution in [0, 0.1) is 6.92 Å². The van der Waals surface area contributed by atoms with E-state index in [4.69, 9.17) is 14.7 Å². The van der Waals surface area contributed by atoms with Crippen LogP contribution in [-0.4, -0.2) is 5.16 Å². The molecule has 0 spiro atoms. The average Bonchev–Trinajstić information content (AvgIpc) is 3.08. The van der Waals surface area contributed by atoms with Gasteiger partial charge in [0.1, 0.15) is 0 Å². The third kappa shape index (κ3) is 2.72. The van der Waals surface area contributed by atoms with Gasteiger partial charge in [-0.15, -0.1) is 11.8 Å². The zero-order chi connectivity index (χ0) is 13.9. The Morgan fingerprint density at radius 2 is 2.10 bits per heavy atom. The maximum atomic E-state index is 5.99. The van der Waals surface area contributed by atoms with Crippen molar-refractivity contribution in [1.29, 1.82) is 0 Å². The average molecular weight is 286 g/mol. The summed E-state index contributed by atoms with van der Waals surface area (Å²) in [5.41, 5.74) is 8.81. The Labute approximate surface area is 120 Å². The molecule has 0 fully saturated rings. The summed E-state index contributed by atoms with van der Waals surface area (Å²) in [6.07, 6.45) is 1.61. The zero-order valence-electron chi connectivity index (χ0n) is 11.0. The van der Waals surface area contributed by atoms with E-state index >= 15 is 0 Å². The smallest absolute Gasteiger partial charge is 0.202 e. The van der Waals surface area contributed by atoms with Gasteiger partial charge in [0.2, 0.25) is 5.76 Å². The summed E-state index contributed by atoms with van der Waals surface area (Å²) in [5.74, 6) is 2.03. The van der Waals surface area contributed by atoms with Crippen LogP contribution in [0.2, 0.25) is 0 Å². The lowest BCUT2D eigenvalue weighted by molar-refractivity contribution is 0.413. The Bertz CT molecular complexity index is 704. The number of hydrogen-bond acceptors (Lipinski definition) is 5. The molecule has 5 heteroatoms. The lowest BCUT2D eigenvalue weighted by Crippen LogP contribution is -1.90. The highest BCUT2D eigenvalue weighted by atomic mass is 32.2. The Kier molecular flexibility index (Phi) is 3.52. The molecule has 3 rings (SSSR count). The highest BCUT2D eigenvalue weighted by molar-refractivity contribution is 7.98. The number of aromatic nitrogens is 1. The molecule has 2 N–H and O–H groups in total. The van der Waals surface area contributed by atoms with Crippen molar-refractivity contribution in [2.75, 3.05) is 5.73 Å². The SMILES string of the molecule is Cc1ccc(SCc2cc(-c3ccco3)on2)c(N)c1. The normalized spacial score (nSPS) is 10.8. The first-order chi connectivity index (χ1) is 9.72. The van der Waals surface area contributed by atoms with Gasteiger partial charge in [-0.05, 0) is 36.8 Å². The number of anilines is 1. The van der Waals surface area contributed by atoms with Gasteiger partial charge in [0.05, 0.1) is 12.0 Å². The van der Waals surface area contributed by atoms with Crippen molar-refractivity contribution in [3.05, 3.63) is 53.9 Å². The van der Waals surface area contributed by atoms with Crippen molar-refractivity contribution >= 4 is 17.4 Å². The second-order valence-electron chi connectivity index (χ2n) is 4.49. The Balaban J connectivity index is 1.70. The molecule has 2 heterocycles. The molecule has 3 aromatic rings. The number of nitrogens with two attached hydrogens (primary N) is 1. The third-order valence-electron chi connectivity index (χ3n) is 2.86. The van der Waals surface area contributed by atoms with Crippen molar-refractivity contribution in [1.82, 2.24) is 5.16 Å². The van der Waals surface area contributed by atoms with Gasteiger partial charge in [0.15, 0.2) is 5.76 Å². The molecule has 0 aliphatic heterocycles. The van der Waals surface area contributed by atoms with E-state index in [2.05, 4.69) is 11.2 Å². The van der Waals surface area contributed by atoms with Gasteiger partial charge in [-0.25, -0.2) is 0 Å². The largest absolute Gasteiger partial charge is 0.461 e. The van der Waals surface area contributed by atoms with E-state index in [0.717, 1.165) is 21.8 Å². The summed E-state index contributed by atoms with van der Waals surface area (Å²) in [6, 6.07) is 11.6. The van der Waals surface area contributed by atoms with Crippen molar-refractivity contribution in [2.24, 2.45) is 0 Å². The lowest BCUT2D eigenvalue weighted by atomic mass is 10.2. The summed E-state index contributed by atoms with van der Waals surface area (Å²) in [7, 11) is 0. The second kappa shape index (κ2) is 5.46. The first-order valence-corrected chi connectivity index (χ1v) is 7.19. The van der Waals surface area contributed by atoms with Crippen LogP contribution in [0.3, 0.4) is 0 Å². The van der Waals surface area contributed by atoms with E-state index in [1.54, 1.807) is 18.0 Å². The van der Waals surface area contributed by atoms with E-state index < -0.39 is 0 Å². The maximum absolute atomic E-state index is 5.99. The number of furan rings is 1. The molecule has 0 saturated carbocycles. The summed E-state index contributed by atoms with van der Waals surface area (Å²) in [5, 5.41) is 4.04. The monoisotopic (exact) mass is 286 g/mol. The van der Waals surface area contributed by atoms with Crippen LogP contribution >= 0.6 is 11.8 Å². The molecule has 0 amide bonds. The number of benzene rings is 1. The molecule has 0 atom stereocenters. The van der Waals surface area contributed by atoms with Crippen LogP contribution in [0.15, 0.2) is 56.5 Å². The molecule has 0 radical (unpaired) electrons. The molecule has 102 valence electrons. The summed E-state index contributed by atoms with van der Waals surface area (Å²) in [4.78, 5) is 1.05. The molecular formula is C15H14N2O2S. The van der Waals surface area contributed by atoms with E-state index in [1.807, 2.05) is 37.3 Å². The molecule has 2 aromatic heterocycles. The van der Waals surface area contributed by atoms with Crippen LogP contribution < -0.4 is 5.73 Å². The minimum Gasteiger partial charge on any atom is -0.461 e. The molecule has 0 saturated heterocycles. The molecule has 0 aliphatic rings. The minimum atomic E-state index is 0.641. The Morgan fingerprint density at radius 3 is 2.85 bits per heavy atom. The van der Waals surface area contributed by atoms with E-state index in [9.17, 15) is 0 Å². The predicted octanol–water partition coefficient (Wildman–Crippen LogP) is 4.12. The molecular weight excluding hydrogens is 272 g/mol. The Morgan fingerprint density at radius 1 is 1.20 bits per heavy atom. The molecule has 20 heavy (non-hydrogen) atoms. The first-order valence-electron chi connectivity index (χ1n) is 6.21. The van der Waals surface area contributed by atoms with Crippen LogP contribution in [0.25, 0.3) is 11.5 Å². The van der Waals surface area contributed by atoms with Crippen molar-refractivity contribution in [3.8, 4) is 11.5 Å². The van der Waals surface area contributed by atoms with Gasteiger partial charge in [0, 0.05) is 22.4 Å². The number of aryl methyl sites for hydroxylation is 1. The summed E-state index contributed by atoms with van der Waals surface area (Å²) >= 11 is 1.64. The molecule has 0 bridgehead atoms. The fourth-order valence-corrected chi connectivity index (χ4v) is 2.70. The predicted molar refractivity (Wildman–Crippen MR) is 79.4 cm³/mol. The number of hydrogen-bond donors (Lipinski definition) is 1. The van der Waals surface area contributed by atoms with Crippen molar-refractivity contribution in [3.63, 3.8) is 0 Å². The van der Waals surface area contributed by atoms with Gasteiger partial charge in [-0.3, -0.25) is 0 Å². The van der Waals surface area contributed by atoms with E-state index in [1.165, 1.54) is 0 Å². The van der Waals surface area contributed by atoms with Crippen LogP contribution in [0.5, 0.6) is 0 Å². The Hall–Kier alpha value is -2.14. The minimum absolute atomic E-state index is 0.641.